The molecular weight excluding hydrogens is 265 g/mol. The molecule has 0 fully saturated rings. The van der Waals surface area contributed by atoms with Crippen molar-refractivity contribution in [3.05, 3.63) is 22.7 Å². The monoisotopic (exact) mass is 277 g/mol. The zero-order valence-electron chi connectivity index (χ0n) is 8.47. The summed E-state index contributed by atoms with van der Waals surface area (Å²) in [7, 11) is 3.64. The van der Waals surface area contributed by atoms with Crippen LogP contribution in [-0.4, -0.2) is 19.6 Å². The minimum atomic E-state index is 0.728. The van der Waals surface area contributed by atoms with Crippen LogP contribution in [0, 0.1) is 6.92 Å². The summed E-state index contributed by atoms with van der Waals surface area (Å²) in [6.45, 7) is 1.98. The molecule has 0 aliphatic carbocycles. The molecule has 14 heavy (non-hydrogen) atoms. The molecule has 1 rings (SSSR count). The molecule has 1 aromatic carbocycles. The van der Waals surface area contributed by atoms with Gasteiger partial charge in [0.2, 0.25) is 0 Å². The highest BCUT2D eigenvalue weighted by Gasteiger charge is 2.11. The summed E-state index contributed by atoms with van der Waals surface area (Å²) in [5.74, 6) is 0.872. The quantitative estimate of drug-likeness (QED) is 0.620. The van der Waals surface area contributed by atoms with Gasteiger partial charge < -0.3 is 9.64 Å². The Labute approximate surface area is 97.9 Å². The fraction of sp³-hybridized carbons (Fsp3) is 0.400. The van der Waals surface area contributed by atoms with Gasteiger partial charge in [-0.2, -0.15) is 0 Å². The molecule has 0 unspecified atom stereocenters. The number of alkyl halides is 1. The highest BCUT2D eigenvalue weighted by Crippen LogP contribution is 2.34. The van der Waals surface area contributed by atoms with Crippen molar-refractivity contribution in [3.8, 4) is 5.75 Å². The van der Waals surface area contributed by atoms with Gasteiger partial charge in [-0.3, -0.25) is 0 Å². The SMILES string of the molecule is COc1c(C)cc(Cl)cc1N(C)CBr. The normalized spacial score (nSPS) is 10.1. The lowest BCUT2D eigenvalue weighted by Gasteiger charge is -2.20. The summed E-state index contributed by atoms with van der Waals surface area (Å²) in [4.78, 5) is 2.03. The number of methoxy groups -OCH3 is 1. The van der Waals surface area contributed by atoms with E-state index in [0.717, 1.165) is 27.5 Å². The predicted molar refractivity (Wildman–Crippen MR) is 64.9 cm³/mol. The first-order valence-electron chi connectivity index (χ1n) is 4.21. The standard InChI is InChI=1S/C10H13BrClNO/c1-7-4-8(12)5-9(10(7)14-3)13(2)6-11/h4-5H,6H2,1-3H3. The van der Waals surface area contributed by atoms with Crippen molar-refractivity contribution in [2.24, 2.45) is 0 Å². The summed E-state index contributed by atoms with van der Waals surface area (Å²) in [5, 5.41) is 0.728. The van der Waals surface area contributed by atoms with E-state index in [4.69, 9.17) is 16.3 Å². The van der Waals surface area contributed by atoms with E-state index in [1.54, 1.807) is 7.11 Å². The molecule has 1 aromatic rings. The molecule has 78 valence electrons. The van der Waals surface area contributed by atoms with Gasteiger partial charge in [0.25, 0.3) is 0 Å². The van der Waals surface area contributed by atoms with Gasteiger partial charge in [-0.15, -0.1) is 0 Å². The minimum absolute atomic E-state index is 0.728. The zero-order chi connectivity index (χ0) is 10.7. The maximum absolute atomic E-state index is 5.98. The van der Waals surface area contributed by atoms with Gasteiger partial charge in [-0.25, -0.2) is 0 Å². The number of halogens is 2. The Balaban J connectivity index is 3.24. The third kappa shape index (κ3) is 2.34. The lowest BCUT2D eigenvalue weighted by molar-refractivity contribution is 0.412. The van der Waals surface area contributed by atoms with Crippen LogP contribution in [-0.2, 0) is 0 Å². The first kappa shape index (κ1) is 11.7. The number of ether oxygens (including phenoxy) is 1. The fourth-order valence-electron chi connectivity index (χ4n) is 1.33. The van der Waals surface area contributed by atoms with Crippen molar-refractivity contribution < 1.29 is 4.74 Å². The Bertz CT molecular complexity index is 330. The molecule has 4 heteroatoms. The zero-order valence-corrected chi connectivity index (χ0v) is 10.8. The lowest BCUT2D eigenvalue weighted by Crippen LogP contribution is -2.15. The summed E-state index contributed by atoms with van der Waals surface area (Å²) < 4.78 is 5.33. The van der Waals surface area contributed by atoms with Gasteiger partial charge in [0.05, 0.1) is 18.3 Å². The van der Waals surface area contributed by atoms with Crippen molar-refractivity contribution in [2.45, 2.75) is 6.92 Å². The second kappa shape index (κ2) is 4.89. The Morgan fingerprint density at radius 3 is 2.64 bits per heavy atom. The average Bonchev–Trinajstić information content (AvgIpc) is 2.15. The molecule has 0 N–H and O–H groups in total. The first-order chi connectivity index (χ1) is 6.60. The number of benzene rings is 1. The van der Waals surface area contributed by atoms with Gasteiger partial charge >= 0.3 is 0 Å². The van der Waals surface area contributed by atoms with Gasteiger partial charge in [-0.1, -0.05) is 27.5 Å². The molecule has 0 aliphatic heterocycles. The molecule has 0 radical (unpaired) electrons. The van der Waals surface area contributed by atoms with Gasteiger partial charge in [0.15, 0.2) is 0 Å². The van der Waals surface area contributed by atoms with Crippen LogP contribution in [0.4, 0.5) is 5.69 Å². The molecular formula is C10H13BrClNO. The number of nitrogens with zero attached hydrogens (tertiary/aromatic N) is 1. The molecule has 0 amide bonds. The molecule has 2 nitrogen and oxygen atoms in total. The number of hydrogen-bond donors (Lipinski definition) is 0. The molecule has 0 spiro atoms. The van der Waals surface area contributed by atoms with E-state index in [0.29, 0.717) is 0 Å². The average molecular weight is 279 g/mol. The van der Waals surface area contributed by atoms with Crippen molar-refractivity contribution in [2.75, 3.05) is 24.5 Å². The number of rotatable bonds is 3. The molecule has 0 saturated carbocycles. The van der Waals surface area contributed by atoms with Crippen LogP contribution < -0.4 is 9.64 Å². The van der Waals surface area contributed by atoms with E-state index < -0.39 is 0 Å². The van der Waals surface area contributed by atoms with Crippen molar-refractivity contribution >= 4 is 33.2 Å². The molecule has 0 aromatic heterocycles. The van der Waals surface area contributed by atoms with E-state index in [1.807, 2.05) is 31.0 Å². The minimum Gasteiger partial charge on any atom is -0.494 e. The van der Waals surface area contributed by atoms with Gasteiger partial charge in [0, 0.05) is 12.1 Å². The van der Waals surface area contributed by atoms with Crippen molar-refractivity contribution in [3.63, 3.8) is 0 Å². The Morgan fingerprint density at radius 2 is 2.14 bits per heavy atom. The van der Waals surface area contributed by atoms with Crippen LogP contribution in [0.2, 0.25) is 5.02 Å². The Kier molecular flexibility index (Phi) is 4.08. The number of aryl methyl sites for hydroxylation is 1. The fourth-order valence-corrected chi connectivity index (χ4v) is 1.86. The Hall–Kier alpha value is -0.410. The topological polar surface area (TPSA) is 12.5 Å². The second-order valence-electron chi connectivity index (χ2n) is 3.09. The lowest BCUT2D eigenvalue weighted by atomic mass is 10.2. The second-order valence-corrected chi connectivity index (χ2v) is 4.03. The third-order valence-corrected chi connectivity index (χ3v) is 2.98. The van der Waals surface area contributed by atoms with Crippen LogP contribution >= 0.6 is 27.5 Å². The van der Waals surface area contributed by atoms with E-state index >= 15 is 0 Å². The molecule has 0 aliphatic rings. The van der Waals surface area contributed by atoms with Crippen LogP contribution in [0.25, 0.3) is 0 Å². The summed E-state index contributed by atoms with van der Waals surface area (Å²) >= 11 is 9.37. The third-order valence-electron chi connectivity index (χ3n) is 2.01. The molecule has 0 bridgehead atoms. The first-order valence-corrected chi connectivity index (χ1v) is 5.71. The highest BCUT2D eigenvalue weighted by atomic mass is 79.9. The van der Waals surface area contributed by atoms with Crippen LogP contribution in [0.5, 0.6) is 5.75 Å². The van der Waals surface area contributed by atoms with E-state index in [-0.39, 0.29) is 0 Å². The van der Waals surface area contributed by atoms with Crippen LogP contribution in [0.1, 0.15) is 5.56 Å². The number of anilines is 1. The summed E-state index contributed by atoms with van der Waals surface area (Å²) in [5.41, 5.74) is 2.78. The van der Waals surface area contributed by atoms with E-state index in [2.05, 4.69) is 15.9 Å². The predicted octanol–water partition coefficient (Wildman–Crippen LogP) is 3.45. The Morgan fingerprint density at radius 1 is 1.50 bits per heavy atom. The number of hydrogen-bond acceptors (Lipinski definition) is 2. The summed E-state index contributed by atoms with van der Waals surface area (Å²) in [6, 6.07) is 3.79. The largest absolute Gasteiger partial charge is 0.494 e. The highest BCUT2D eigenvalue weighted by molar-refractivity contribution is 9.09. The molecule has 0 atom stereocenters. The maximum atomic E-state index is 5.98. The van der Waals surface area contributed by atoms with E-state index in [9.17, 15) is 0 Å². The van der Waals surface area contributed by atoms with Crippen molar-refractivity contribution in [1.82, 2.24) is 0 Å². The van der Waals surface area contributed by atoms with Gasteiger partial charge in [0.1, 0.15) is 5.75 Å². The van der Waals surface area contributed by atoms with Crippen LogP contribution in [0.15, 0.2) is 12.1 Å². The van der Waals surface area contributed by atoms with E-state index in [1.165, 1.54) is 0 Å². The van der Waals surface area contributed by atoms with Gasteiger partial charge in [-0.05, 0) is 24.6 Å². The van der Waals surface area contributed by atoms with Crippen molar-refractivity contribution in [1.29, 1.82) is 0 Å². The van der Waals surface area contributed by atoms with Crippen LogP contribution in [0.3, 0.4) is 0 Å². The summed E-state index contributed by atoms with van der Waals surface area (Å²) in [6.07, 6.45) is 0. The molecule has 0 saturated heterocycles. The maximum Gasteiger partial charge on any atom is 0.145 e. The smallest absolute Gasteiger partial charge is 0.145 e. The molecule has 0 heterocycles.